The van der Waals surface area contributed by atoms with Gasteiger partial charge in [0.25, 0.3) is 0 Å². The highest BCUT2D eigenvalue weighted by molar-refractivity contribution is 8.03. The lowest BCUT2D eigenvalue weighted by atomic mass is 10.3. The van der Waals surface area contributed by atoms with E-state index in [1.807, 2.05) is 0 Å². The van der Waals surface area contributed by atoms with Gasteiger partial charge in [-0.3, -0.25) is 0 Å². The van der Waals surface area contributed by atoms with Gasteiger partial charge >= 0.3 is 0 Å². The predicted molar refractivity (Wildman–Crippen MR) is 59.8 cm³/mol. The van der Waals surface area contributed by atoms with E-state index in [2.05, 4.69) is 51.2 Å². The second-order valence-electron chi connectivity index (χ2n) is 3.39. The molecule has 0 spiro atoms. The minimum atomic E-state index is 0.801. The lowest BCUT2D eigenvalue weighted by molar-refractivity contribution is 0.750. The van der Waals surface area contributed by atoms with Gasteiger partial charge in [-0.05, 0) is 16.9 Å². The van der Waals surface area contributed by atoms with Crippen molar-refractivity contribution in [3.8, 4) is 0 Å². The summed E-state index contributed by atoms with van der Waals surface area (Å²) in [7, 11) is 0. The van der Waals surface area contributed by atoms with Gasteiger partial charge in [-0.1, -0.05) is 27.7 Å². The van der Waals surface area contributed by atoms with Crippen LogP contribution in [0.15, 0.2) is 0 Å². The third-order valence-corrected chi connectivity index (χ3v) is 3.89. The summed E-state index contributed by atoms with van der Waals surface area (Å²) in [5.74, 6) is 4.80. The molecule has 0 aliphatic heterocycles. The van der Waals surface area contributed by atoms with E-state index in [4.69, 9.17) is 0 Å². The van der Waals surface area contributed by atoms with Gasteiger partial charge < -0.3 is 0 Å². The highest BCUT2D eigenvalue weighted by atomic mass is 32.2. The maximum Gasteiger partial charge on any atom is 0.00261 e. The molecule has 0 bridgehead atoms. The molecule has 0 fully saturated rings. The predicted octanol–water partition coefficient (Wildman–Crippen LogP) is 3.52. The Bertz CT molecular complexity index is 69.6. The Hall–Kier alpha value is 0.700. The first-order valence-electron chi connectivity index (χ1n) is 4.32. The van der Waals surface area contributed by atoms with E-state index < -0.39 is 0 Å². The first-order chi connectivity index (χ1) is 5.13. The zero-order valence-electron chi connectivity index (χ0n) is 8.09. The standard InChI is InChI=1S/C9H20S2/c1-8(2)7-10-5-6-11-9(3)4/h8-9H,5-7H2,1-4H3. The van der Waals surface area contributed by atoms with Crippen molar-refractivity contribution in [3.63, 3.8) is 0 Å². The molecule has 68 valence electrons. The fraction of sp³-hybridized carbons (Fsp3) is 1.00. The van der Waals surface area contributed by atoms with Crippen LogP contribution in [0.25, 0.3) is 0 Å². The summed E-state index contributed by atoms with van der Waals surface area (Å²) in [5.41, 5.74) is 0. The molecule has 0 aromatic rings. The summed E-state index contributed by atoms with van der Waals surface area (Å²) in [5, 5.41) is 0.801. The highest BCUT2D eigenvalue weighted by Gasteiger charge is 1.96. The van der Waals surface area contributed by atoms with E-state index in [0.717, 1.165) is 11.2 Å². The Kier molecular flexibility index (Phi) is 7.82. The van der Waals surface area contributed by atoms with Crippen LogP contribution in [-0.4, -0.2) is 22.5 Å². The molecule has 0 saturated heterocycles. The van der Waals surface area contributed by atoms with Crippen LogP contribution in [0.5, 0.6) is 0 Å². The lowest BCUT2D eigenvalue weighted by Crippen LogP contribution is -1.96. The van der Waals surface area contributed by atoms with Crippen LogP contribution < -0.4 is 0 Å². The van der Waals surface area contributed by atoms with E-state index >= 15 is 0 Å². The first kappa shape index (κ1) is 11.7. The second kappa shape index (κ2) is 7.35. The fourth-order valence-electron chi connectivity index (χ4n) is 0.662. The average molecular weight is 192 g/mol. The highest BCUT2D eigenvalue weighted by Crippen LogP contribution is 2.13. The molecule has 2 heteroatoms. The molecule has 0 atom stereocenters. The third-order valence-electron chi connectivity index (χ3n) is 1.13. The summed E-state index contributed by atoms with van der Waals surface area (Å²) < 4.78 is 0. The Morgan fingerprint density at radius 3 is 2.09 bits per heavy atom. The van der Waals surface area contributed by atoms with Crippen LogP contribution in [-0.2, 0) is 0 Å². The minimum Gasteiger partial charge on any atom is -0.161 e. The fourth-order valence-corrected chi connectivity index (χ4v) is 2.63. The largest absolute Gasteiger partial charge is 0.161 e. The summed E-state index contributed by atoms with van der Waals surface area (Å²) in [6.45, 7) is 9.08. The van der Waals surface area contributed by atoms with Crippen LogP contribution in [0.4, 0.5) is 0 Å². The number of hydrogen-bond acceptors (Lipinski definition) is 2. The molecule has 11 heavy (non-hydrogen) atoms. The molecule has 0 nitrogen and oxygen atoms in total. The number of thioether (sulfide) groups is 2. The van der Waals surface area contributed by atoms with Crippen LogP contribution in [0.3, 0.4) is 0 Å². The van der Waals surface area contributed by atoms with Crippen molar-refractivity contribution < 1.29 is 0 Å². The molecule has 0 amide bonds. The van der Waals surface area contributed by atoms with Crippen molar-refractivity contribution in [2.24, 2.45) is 5.92 Å². The third kappa shape index (κ3) is 10.7. The zero-order valence-corrected chi connectivity index (χ0v) is 9.73. The molecular formula is C9H20S2. The maximum atomic E-state index is 2.28. The van der Waals surface area contributed by atoms with Gasteiger partial charge in [0.2, 0.25) is 0 Å². The van der Waals surface area contributed by atoms with Gasteiger partial charge in [0.05, 0.1) is 0 Å². The molecule has 0 aliphatic rings. The maximum absolute atomic E-state index is 2.28. The zero-order chi connectivity index (χ0) is 8.69. The molecular weight excluding hydrogens is 172 g/mol. The minimum absolute atomic E-state index is 0.801. The van der Waals surface area contributed by atoms with Crippen molar-refractivity contribution >= 4 is 23.5 Å². The lowest BCUT2D eigenvalue weighted by Gasteiger charge is -2.05. The van der Waals surface area contributed by atoms with Gasteiger partial charge in [0.15, 0.2) is 0 Å². The van der Waals surface area contributed by atoms with Gasteiger partial charge in [-0.25, -0.2) is 0 Å². The van der Waals surface area contributed by atoms with E-state index in [1.54, 1.807) is 0 Å². The molecule has 0 aromatic heterocycles. The van der Waals surface area contributed by atoms with Crippen molar-refractivity contribution in [1.29, 1.82) is 0 Å². The topological polar surface area (TPSA) is 0 Å². The molecule has 0 unspecified atom stereocenters. The van der Waals surface area contributed by atoms with Crippen LogP contribution in [0.2, 0.25) is 0 Å². The summed E-state index contributed by atoms with van der Waals surface area (Å²) >= 11 is 4.14. The smallest absolute Gasteiger partial charge is 0.00261 e. The molecule has 0 rings (SSSR count). The quantitative estimate of drug-likeness (QED) is 0.591. The summed E-state index contributed by atoms with van der Waals surface area (Å²) in [6.07, 6.45) is 0. The van der Waals surface area contributed by atoms with Crippen LogP contribution in [0.1, 0.15) is 27.7 Å². The monoisotopic (exact) mass is 192 g/mol. The molecule has 0 heterocycles. The molecule has 0 aromatic carbocycles. The van der Waals surface area contributed by atoms with Crippen LogP contribution in [0, 0.1) is 5.92 Å². The van der Waals surface area contributed by atoms with Gasteiger partial charge in [-0.15, -0.1) is 0 Å². The van der Waals surface area contributed by atoms with Crippen molar-refractivity contribution in [3.05, 3.63) is 0 Å². The van der Waals surface area contributed by atoms with Gasteiger partial charge in [0, 0.05) is 11.5 Å². The van der Waals surface area contributed by atoms with Crippen molar-refractivity contribution in [2.45, 2.75) is 32.9 Å². The summed E-state index contributed by atoms with van der Waals surface area (Å²) in [6, 6.07) is 0. The molecule has 0 radical (unpaired) electrons. The molecule has 0 aliphatic carbocycles. The van der Waals surface area contributed by atoms with E-state index in [0.29, 0.717) is 0 Å². The van der Waals surface area contributed by atoms with E-state index in [-0.39, 0.29) is 0 Å². The second-order valence-corrected chi connectivity index (χ2v) is 6.22. The normalized spacial score (nSPS) is 11.5. The Morgan fingerprint density at radius 2 is 1.64 bits per heavy atom. The molecule has 0 N–H and O–H groups in total. The van der Waals surface area contributed by atoms with Crippen molar-refractivity contribution in [1.82, 2.24) is 0 Å². The Morgan fingerprint density at radius 1 is 1.00 bits per heavy atom. The van der Waals surface area contributed by atoms with E-state index in [9.17, 15) is 0 Å². The van der Waals surface area contributed by atoms with Crippen LogP contribution >= 0.6 is 23.5 Å². The number of rotatable bonds is 6. The molecule has 0 saturated carbocycles. The van der Waals surface area contributed by atoms with Gasteiger partial charge in [-0.2, -0.15) is 23.5 Å². The van der Waals surface area contributed by atoms with Crippen molar-refractivity contribution in [2.75, 3.05) is 17.3 Å². The summed E-state index contributed by atoms with van der Waals surface area (Å²) in [4.78, 5) is 0. The van der Waals surface area contributed by atoms with E-state index in [1.165, 1.54) is 17.3 Å². The van der Waals surface area contributed by atoms with Gasteiger partial charge in [0.1, 0.15) is 0 Å². The number of hydrogen-bond donors (Lipinski definition) is 0. The Labute approximate surface area is 79.9 Å². The average Bonchev–Trinajstić information content (AvgIpc) is 1.85. The first-order valence-corrected chi connectivity index (χ1v) is 6.52. The SMILES string of the molecule is CC(C)CSCCSC(C)C. The Balaban J connectivity index is 2.91.